The number of anilines is 5. The van der Waals surface area contributed by atoms with Gasteiger partial charge in [-0.25, -0.2) is 19.2 Å². The monoisotopic (exact) mass is 864 g/mol. The number of hydrogen-bond acceptors (Lipinski definition) is 16. The number of aromatic nitrogens is 3. The summed E-state index contributed by atoms with van der Waals surface area (Å²) < 4.78 is 27.2. The first-order valence-corrected chi connectivity index (χ1v) is 25.9. The molecule has 326 valence electrons. The molecular weight excluding hydrogens is 805 g/mol. The van der Waals surface area contributed by atoms with Gasteiger partial charge in [-0.1, -0.05) is 24.3 Å². The molecule has 0 spiro atoms. The van der Waals surface area contributed by atoms with Crippen LogP contribution in [0.4, 0.5) is 29.2 Å². The van der Waals surface area contributed by atoms with Crippen LogP contribution in [0.25, 0.3) is 12.2 Å². The first-order chi connectivity index (χ1) is 28.0. The van der Waals surface area contributed by atoms with Crippen LogP contribution in [-0.4, -0.2) is 91.5 Å². The highest BCUT2D eigenvalue weighted by molar-refractivity contribution is 6.81. The normalized spacial score (nSPS) is 12.3. The molecule has 1 unspecified atom stereocenters. The molecule has 18 heteroatoms. The molecule has 1 atom stereocenters. The zero-order chi connectivity index (χ0) is 44.8. The van der Waals surface area contributed by atoms with Crippen LogP contribution in [0.5, 0.6) is 0 Å². The van der Waals surface area contributed by atoms with Crippen molar-refractivity contribution in [1.29, 1.82) is 0 Å². The third kappa shape index (κ3) is 17.8. The summed E-state index contributed by atoms with van der Waals surface area (Å²) in [5, 5.41) is 9.58. The molecule has 0 aliphatic rings. The summed E-state index contributed by atoms with van der Waals surface area (Å²) >= 11 is 0. The maximum atomic E-state index is 12.8. The summed E-state index contributed by atoms with van der Waals surface area (Å²) in [4.78, 5) is 75.7. The number of benzene rings is 2. The van der Waals surface area contributed by atoms with E-state index < -0.39 is 65.2 Å². The third-order valence-electron chi connectivity index (χ3n) is 7.47. The van der Waals surface area contributed by atoms with E-state index in [1.165, 1.54) is 12.2 Å². The summed E-state index contributed by atoms with van der Waals surface area (Å²) in [6, 6.07) is 14.3. The molecule has 0 radical (unpaired) electrons. The molecule has 0 saturated carbocycles. The van der Waals surface area contributed by atoms with Gasteiger partial charge in [0.05, 0.1) is 24.4 Å². The number of hydrogen-bond donors (Lipinski definition) is 4. The summed E-state index contributed by atoms with van der Waals surface area (Å²) in [5.74, 6) is -2.50. The first-order valence-electron chi connectivity index (χ1n) is 19.9. The smallest absolute Gasteiger partial charge is 0.345 e. The Morgan fingerprint density at radius 3 is 1.23 bits per heavy atom. The second kappa shape index (κ2) is 22.2. The van der Waals surface area contributed by atoms with Crippen LogP contribution in [-0.2, 0) is 42.2 Å². The zero-order valence-corrected chi connectivity index (χ0v) is 38.7. The molecule has 3 aromatic rings. The second-order valence-electron chi connectivity index (χ2n) is 16.2. The van der Waals surface area contributed by atoms with Crippen molar-refractivity contribution in [2.45, 2.75) is 118 Å². The van der Waals surface area contributed by atoms with Gasteiger partial charge in [0.1, 0.15) is 11.1 Å². The summed E-state index contributed by atoms with van der Waals surface area (Å²) in [6.07, 6.45) is 1.71. The molecule has 2 aromatic carbocycles. The highest BCUT2D eigenvalue weighted by Crippen LogP contribution is 2.23. The fourth-order valence-corrected chi connectivity index (χ4v) is 11.8. The van der Waals surface area contributed by atoms with Gasteiger partial charge < -0.3 is 43.8 Å². The molecule has 0 bridgehead atoms. The molecular formula is C42H60N6O10Si2. The molecule has 60 heavy (non-hydrogen) atoms. The van der Waals surface area contributed by atoms with Gasteiger partial charge in [0.15, 0.2) is 8.32 Å². The fourth-order valence-electron chi connectivity index (χ4n) is 5.32. The van der Waals surface area contributed by atoms with Gasteiger partial charge in [0, 0.05) is 17.9 Å². The van der Waals surface area contributed by atoms with Crippen molar-refractivity contribution in [2.24, 2.45) is 0 Å². The number of esters is 4. The lowest BCUT2D eigenvalue weighted by Crippen LogP contribution is -2.45. The van der Waals surface area contributed by atoms with Gasteiger partial charge >= 0.3 is 32.4 Å². The molecule has 0 amide bonds. The van der Waals surface area contributed by atoms with Crippen molar-refractivity contribution >= 4 is 82.1 Å². The van der Waals surface area contributed by atoms with Gasteiger partial charge in [-0.2, -0.15) is 15.0 Å². The molecule has 1 heterocycles. The lowest BCUT2D eigenvalue weighted by molar-refractivity contribution is -0.152. The minimum Gasteiger partial charge on any atom is -0.459 e. The van der Waals surface area contributed by atoms with Crippen LogP contribution in [0.15, 0.2) is 59.7 Å². The van der Waals surface area contributed by atoms with Crippen LogP contribution in [0.3, 0.4) is 0 Å². The molecule has 1 aromatic heterocycles. The molecule has 0 aliphatic carbocycles. The lowest BCUT2D eigenvalue weighted by atomic mass is 10.1. The summed E-state index contributed by atoms with van der Waals surface area (Å²) in [5.41, 5.74) is 1.82. The maximum absolute atomic E-state index is 12.8. The Morgan fingerprint density at radius 1 is 0.583 bits per heavy atom. The van der Waals surface area contributed by atoms with E-state index in [1.54, 1.807) is 110 Å². The van der Waals surface area contributed by atoms with Crippen molar-refractivity contribution in [2.75, 3.05) is 22.5 Å². The largest absolute Gasteiger partial charge is 0.459 e. The van der Waals surface area contributed by atoms with E-state index in [9.17, 15) is 24.0 Å². The van der Waals surface area contributed by atoms with Gasteiger partial charge in [0.25, 0.3) is 0 Å². The summed E-state index contributed by atoms with van der Waals surface area (Å²) in [6.45, 7) is 21.9. The van der Waals surface area contributed by atoms with E-state index in [0.29, 0.717) is 41.5 Å². The van der Waals surface area contributed by atoms with Gasteiger partial charge in [-0.05, 0) is 142 Å². The minimum absolute atomic E-state index is 0.194. The van der Waals surface area contributed by atoms with Crippen LogP contribution < -0.4 is 16.0 Å². The number of carbonyl (C=O) groups is 4. The van der Waals surface area contributed by atoms with E-state index in [-0.39, 0.29) is 29.0 Å². The SMILES string of the molecule is CC(C)OC(=O)C(=Cc1ccc(Nc2nc(NCCC[Si](C)(O)O[Si](C)(C)C)nc(Nc3ccc(C=C(C(=O)OC(C)C)C(=O)OC(C)C)cc3)n2)cc1)C(=O)OC(C)C. The first kappa shape index (κ1) is 48.9. The Morgan fingerprint density at radius 2 is 0.917 bits per heavy atom. The topological polar surface area (TPSA) is 209 Å². The van der Waals surface area contributed by atoms with Crippen molar-refractivity contribution in [3.05, 3.63) is 70.8 Å². The van der Waals surface area contributed by atoms with E-state index in [1.807, 2.05) is 19.6 Å². The number of ether oxygens (including phenoxy) is 4. The molecule has 0 saturated heterocycles. The second-order valence-corrected chi connectivity index (χ2v) is 24.0. The van der Waals surface area contributed by atoms with Crippen molar-refractivity contribution in [3.8, 4) is 0 Å². The van der Waals surface area contributed by atoms with Gasteiger partial charge in [0.2, 0.25) is 17.8 Å². The zero-order valence-electron chi connectivity index (χ0n) is 36.7. The average Bonchev–Trinajstić information content (AvgIpc) is 3.10. The number of carbonyl (C=O) groups excluding carboxylic acids is 4. The van der Waals surface area contributed by atoms with E-state index in [0.717, 1.165) is 0 Å². The Hall–Kier alpha value is -5.44. The Kier molecular flexibility index (Phi) is 18.1. The van der Waals surface area contributed by atoms with Crippen LogP contribution in [0.2, 0.25) is 32.2 Å². The van der Waals surface area contributed by atoms with Gasteiger partial charge in [-0.15, -0.1) is 0 Å². The Labute approximate surface area is 354 Å². The molecule has 0 aliphatic heterocycles. The van der Waals surface area contributed by atoms with Crippen LogP contribution >= 0.6 is 0 Å². The van der Waals surface area contributed by atoms with Crippen molar-refractivity contribution in [3.63, 3.8) is 0 Å². The van der Waals surface area contributed by atoms with Crippen molar-refractivity contribution < 1.29 is 47.0 Å². The Bertz CT molecular complexity index is 1830. The highest BCUT2D eigenvalue weighted by Gasteiger charge is 2.32. The highest BCUT2D eigenvalue weighted by atomic mass is 28.4. The molecule has 4 N–H and O–H groups in total. The van der Waals surface area contributed by atoms with E-state index >= 15 is 0 Å². The lowest BCUT2D eigenvalue weighted by Gasteiger charge is -2.29. The third-order valence-corrected chi connectivity index (χ3v) is 13.0. The van der Waals surface area contributed by atoms with E-state index in [4.69, 9.17) is 23.1 Å². The molecule has 0 fully saturated rings. The Balaban J connectivity index is 1.91. The predicted molar refractivity (Wildman–Crippen MR) is 236 cm³/mol. The van der Waals surface area contributed by atoms with Gasteiger partial charge in [-0.3, -0.25) is 0 Å². The standard InChI is InChI=1S/C42H60N6O10Si2/c1-26(2)54-36(49)34(37(50)55-27(3)4)24-30-14-18-32(19-15-30)44-41-46-40(43-22-13-23-60(12,53)58-59(9,10)11)47-42(48-41)45-33-20-16-31(17-21-33)25-35(38(51)56-28(5)6)39(52)57-29(7)8/h14-21,24-29,53H,13,22-23H2,1-12H3,(H3,43,44,45,46,47,48). The number of rotatable bonds is 21. The van der Waals surface area contributed by atoms with Crippen LogP contribution in [0, 0.1) is 0 Å². The fraction of sp³-hybridized carbons (Fsp3) is 0.452. The quantitative estimate of drug-likeness (QED) is 0.0154. The maximum Gasteiger partial charge on any atom is 0.345 e. The number of nitrogens with zero attached hydrogens (tertiary/aromatic N) is 3. The minimum atomic E-state index is -2.85. The molecule has 16 nitrogen and oxygen atoms in total. The van der Waals surface area contributed by atoms with Crippen molar-refractivity contribution in [1.82, 2.24) is 15.0 Å². The van der Waals surface area contributed by atoms with E-state index in [2.05, 4.69) is 30.9 Å². The van der Waals surface area contributed by atoms with Crippen LogP contribution in [0.1, 0.15) is 72.9 Å². The predicted octanol–water partition coefficient (Wildman–Crippen LogP) is 7.65. The molecule has 3 rings (SSSR count). The summed E-state index contributed by atoms with van der Waals surface area (Å²) in [7, 11) is -4.77. The number of nitrogens with one attached hydrogen (secondary N) is 3. The average molecular weight is 865 g/mol.